The predicted octanol–water partition coefficient (Wildman–Crippen LogP) is 0.392. The Morgan fingerprint density at radius 1 is 1.23 bits per heavy atom. The van der Waals surface area contributed by atoms with Crippen molar-refractivity contribution in [3.8, 4) is 0 Å². The molecule has 1 saturated heterocycles. The second-order valence-corrected chi connectivity index (χ2v) is 7.11. The fraction of sp³-hybridized carbons (Fsp3) is 0.526. The van der Waals surface area contributed by atoms with Crippen molar-refractivity contribution in [3.05, 3.63) is 35.4 Å². The molecule has 1 saturated carbocycles. The van der Waals surface area contributed by atoms with Crippen molar-refractivity contribution < 1.29 is 14.4 Å². The van der Waals surface area contributed by atoms with Crippen molar-refractivity contribution in [2.75, 3.05) is 19.6 Å². The number of amides is 3. The molecule has 3 rings (SSSR count). The zero-order valence-corrected chi connectivity index (χ0v) is 14.9. The Morgan fingerprint density at radius 2 is 2.00 bits per heavy atom. The molecule has 1 aliphatic carbocycles. The fourth-order valence-corrected chi connectivity index (χ4v) is 3.56. The summed E-state index contributed by atoms with van der Waals surface area (Å²) >= 11 is 0. The van der Waals surface area contributed by atoms with E-state index in [0.29, 0.717) is 25.2 Å². The third-order valence-corrected chi connectivity index (χ3v) is 5.08. The van der Waals surface area contributed by atoms with Gasteiger partial charge in [0.25, 0.3) is 5.91 Å². The van der Waals surface area contributed by atoms with Crippen LogP contribution in [0, 0.1) is 5.92 Å². The summed E-state index contributed by atoms with van der Waals surface area (Å²) in [6, 6.07) is 7.29. The van der Waals surface area contributed by atoms with Gasteiger partial charge < -0.3 is 21.3 Å². The molecule has 0 radical (unpaired) electrons. The molecule has 26 heavy (non-hydrogen) atoms. The molecule has 2 fully saturated rings. The van der Waals surface area contributed by atoms with Crippen LogP contribution in [0.5, 0.6) is 0 Å². The number of carbonyl (C=O) groups excluding carboxylic acids is 3. The van der Waals surface area contributed by atoms with Crippen molar-refractivity contribution in [2.24, 2.45) is 11.7 Å². The average molecular weight is 358 g/mol. The highest BCUT2D eigenvalue weighted by Crippen LogP contribution is 2.23. The van der Waals surface area contributed by atoms with Gasteiger partial charge in [-0.1, -0.05) is 18.6 Å². The number of rotatable bonds is 4. The van der Waals surface area contributed by atoms with Crippen LogP contribution in [0.2, 0.25) is 0 Å². The maximum absolute atomic E-state index is 12.4. The maximum Gasteiger partial charge on any atom is 0.254 e. The number of benzene rings is 1. The number of carbonyl (C=O) groups is 3. The highest BCUT2D eigenvalue weighted by molar-refractivity contribution is 5.97. The molecule has 1 aromatic carbocycles. The first-order valence-electron chi connectivity index (χ1n) is 9.21. The Labute approximate surface area is 153 Å². The molecule has 0 spiro atoms. The van der Waals surface area contributed by atoms with E-state index in [1.54, 1.807) is 17.0 Å². The molecule has 2 unspecified atom stereocenters. The zero-order valence-electron chi connectivity index (χ0n) is 14.9. The normalized spacial score (nSPS) is 23.3. The van der Waals surface area contributed by atoms with Gasteiger partial charge in [0.05, 0.1) is 6.54 Å². The van der Waals surface area contributed by atoms with E-state index in [4.69, 9.17) is 5.73 Å². The molecule has 1 heterocycles. The van der Waals surface area contributed by atoms with Gasteiger partial charge in [-0.25, -0.2) is 0 Å². The van der Waals surface area contributed by atoms with Gasteiger partial charge in [-0.05, 0) is 37.0 Å². The lowest BCUT2D eigenvalue weighted by Crippen LogP contribution is -2.49. The minimum atomic E-state index is -0.147. The van der Waals surface area contributed by atoms with E-state index >= 15 is 0 Å². The Bertz CT molecular complexity index is 674. The van der Waals surface area contributed by atoms with Gasteiger partial charge in [0, 0.05) is 37.2 Å². The van der Waals surface area contributed by atoms with Crippen LogP contribution >= 0.6 is 0 Å². The van der Waals surface area contributed by atoms with Crippen LogP contribution in [0.1, 0.15) is 41.6 Å². The number of nitrogens with two attached hydrogens (primary N) is 1. The summed E-state index contributed by atoms with van der Waals surface area (Å²) in [5.41, 5.74) is 7.43. The number of hydrogen-bond donors (Lipinski definition) is 3. The van der Waals surface area contributed by atoms with Crippen LogP contribution in [0.25, 0.3) is 0 Å². The summed E-state index contributed by atoms with van der Waals surface area (Å²) < 4.78 is 0. The molecule has 4 N–H and O–H groups in total. The number of piperazine rings is 1. The van der Waals surface area contributed by atoms with Gasteiger partial charge in [-0.15, -0.1) is 0 Å². The maximum atomic E-state index is 12.4. The monoisotopic (exact) mass is 358 g/mol. The molecule has 2 atom stereocenters. The quantitative estimate of drug-likeness (QED) is 0.724. The van der Waals surface area contributed by atoms with Crippen LogP contribution in [0.4, 0.5) is 0 Å². The largest absolute Gasteiger partial charge is 0.353 e. The van der Waals surface area contributed by atoms with Crippen molar-refractivity contribution in [1.29, 1.82) is 0 Å². The lowest BCUT2D eigenvalue weighted by atomic mass is 9.85. The second kappa shape index (κ2) is 8.31. The molecular formula is C19H26N4O3. The predicted molar refractivity (Wildman–Crippen MR) is 97.1 cm³/mol. The number of nitrogens with zero attached hydrogens (tertiary/aromatic N) is 1. The molecule has 1 aromatic rings. The summed E-state index contributed by atoms with van der Waals surface area (Å²) in [5.74, 6) is -0.220. The highest BCUT2D eigenvalue weighted by atomic mass is 16.2. The average Bonchev–Trinajstić information content (AvgIpc) is 2.66. The van der Waals surface area contributed by atoms with Crippen molar-refractivity contribution in [3.63, 3.8) is 0 Å². The summed E-state index contributed by atoms with van der Waals surface area (Å²) in [5, 5.41) is 5.67. The van der Waals surface area contributed by atoms with E-state index in [9.17, 15) is 14.4 Å². The van der Waals surface area contributed by atoms with Crippen LogP contribution in [-0.2, 0) is 16.1 Å². The number of hydrogen-bond acceptors (Lipinski definition) is 4. The van der Waals surface area contributed by atoms with E-state index in [2.05, 4.69) is 10.6 Å². The zero-order chi connectivity index (χ0) is 18.5. The minimum Gasteiger partial charge on any atom is -0.353 e. The Kier molecular flexibility index (Phi) is 5.88. The molecule has 0 aromatic heterocycles. The van der Waals surface area contributed by atoms with Gasteiger partial charge in [0.15, 0.2) is 0 Å². The fourth-order valence-electron chi connectivity index (χ4n) is 3.56. The van der Waals surface area contributed by atoms with Crippen LogP contribution in [0.15, 0.2) is 24.3 Å². The molecule has 2 aliphatic rings. The molecule has 7 nitrogen and oxygen atoms in total. The Balaban J connectivity index is 1.52. The first-order valence-corrected chi connectivity index (χ1v) is 9.21. The third kappa shape index (κ3) is 4.60. The van der Waals surface area contributed by atoms with Gasteiger partial charge in [0.1, 0.15) is 0 Å². The molecule has 7 heteroatoms. The van der Waals surface area contributed by atoms with Gasteiger partial charge in [0.2, 0.25) is 11.8 Å². The third-order valence-electron chi connectivity index (χ3n) is 5.08. The van der Waals surface area contributed by atoms with Gasteiger partial charge >= 0.3 is 0 Å². The molecule has 0 bridgehead atoms. The van der Waals surface area contributed by atoms with Crippen molar-refractivity contribution in [1.82, 2.24) is 15.5 Å². The lowest BCUT2D eigenvalue weighted by Gasteiger charge is -2.26. The van der Waals surface area contributed by atoms with Crippen LogP contribution in [-0.4, -0.2) is 48.3 Å². The SMILES string of the molecule is NC1CCCC(C(=O)NCc2ccc(C(=O)N3CCNC(=O)C3)cc2)C1. The molecule has 3 amide bonds. The molecule has 140 valence electrons. The standard InChI is InChI=1S/C19H26N4O3/c20-16-3-1-2-15(10-16)18(25)22-11-13-4-6-14(7-5-13)19(26)23-9-8-21-17(24)12-23/h4-7,15-16H,1-3,8-12,20H2,(H,21,24)(H,22,25). The van der Waals surface area contributed by atoms with Gasteiger partial charge in [-0.2, -0.15) is 0 Å². The van der Waals surface area contributed by atoms with Crippen molar-refractivity contribution >= 4 is 17.7 Å². The van der Waals surface area contributed by atoms with E-state index in [1.807, 2.05) is 12.1 Å². The molecular weight excluding hydrogens is 332 g/mol. The smallest absolute Gasteiger partial charge is 0.254 e. The Hall–Kier alpha value is -2.41. The second-order valence-electron chi connectivity index (χ2n) is 7.11. The van der Waals surface area contributed by atoms with E-state index in [-0.39, 0.29) is 36.2 Å². The Morgan fingerprint density at radius 3 is 2.69 bits per heavy atom. The van der Waals surface area contributed by atoms with Gasteiger partial charge in [-0.3, -0.25) is 14.4 Å². The van der Waals surface area contributed by atoms with Crippen LogP contribution < -0.4 is 16.4 Å². The first kappa shape index (κ1) is 18.4. The topological polar surface area (TPSA) is 105 Å². The molecule has 1 aliphatic heterocycles. The van der Waals surface area contributed by atoms with Crippen molar-refractivity contribution in [2.45, 2.75) is 38.3 Å². The van der Waals surface area contributed by atoms with Crippen LogP contribution in [0.3, 0.4) is 0 Å². The van der Waals surface area contributed by atoms with E-state index in [1.165, 1.54) is 0 Å². The highest BCUT2D eigenvalue weighted by Gasteiger charge is 2.25. The number of nitrogens with one attached hydrogen (secondary N) is 2. The van der Waals surface area contributed by atoms with E-state index in [0.717, 1.165) is 31.2 Å². The summed E-state index contributed by atoms with van der Waals surface area (Å²) in [4.78, 5) is 37.6. The van der Waals surface area contributed by atoms with E-state index < -0.39 is 0 Å². The summed E-state index contributed by atoms with van der Waals surface area (Å²) in [7, 11) is 0. The minimum absolute atomic E-state index is 0.00449. The summed E-state index contributed by atoms with van der Waals surface area (Å²) in [6.45, 7) is 1.54. The first-order chi connectivity index (χ1) is 12.5. The summed E-state index contributed by atoms with van der Waals surface area (Å²) in [6.07, 6.45) is 3.65. The lowest BCUT2D eigenvalue weighted by molar-refractivity contribution is -0.126.